The maximum Gasteiger partial charge on any atom is 0.358 e. The first-order valence-corrected chi connectivity index (χ1v) is 6.27. The van der Waals surface area contributed by atoms with E-state index in [-0.39, 0.29) is 18.3 Å². The molecule has 1 fully saturated rings. The van der Waals surface area contributed by atoms with E-state index in [1.165, 1.54) is 4.68 Å². The van der Waals surface area contributed by atoms with Crippen molar-refractivity contribution in [3.8, 4) is 0 Å². The van der Waals surface area contributed by atoms with E-state index in [0.29, 0.717) is 12.1 Å². The largest absolute Gasteiger partial charge is 0.476 e. The number of imide groups is 1. The van der Waals surface area contributed by atoms with E-state index in [9.17, 15) is 14.4 Å². The SMILES string of the molecule is CCc1c(C(=O)O)nnn1CC(=O)NC(=O)NC1CC1. The number of aromatic nitrogens is 3. The molecule has 20 heavy (non-hydrogen) atoms. The number of hydrogen-bond acceptors (Lipinski definition) is 5. The van der Waals surface area contributed by atoms with Crippen LogP contribution in [0.1, 0.15) is 35.9 Å². The fraction of sp³-hybridized carbons (Fsp3) is 0.545. The number of rotatable bonds is 5. The first-order valence-electron chi connectivity index (χ1n) is 6.27. The van der Waals surface area contributed by atoms with Gasteiger partial charge in [0.25, 0.3) is 0 Å². The lowest BCUT2D eigenvalue weighted by atomic mass is 10.2. The van der Waals surface area contributed by atoms with Crippen LogP contribution in [0.25, 0.3) is 0 Å². The summed E-state index contributed by atoms with van der Waals surface area (Å²) in [6, 6.07) is -0.395. The van der Waals surface area contributed by atoms with E-state index in [1.54, 1.807) is 6.92 Å². The van der Waals surface area contributed by atoms with Gasteiger partial charge in [-0.05, 0) is 19.3 Å². The highest BCUT2D eigenvalue weighted by molar-refractivity contribution is 5.94. The third kappa shape index (κ3) is 3.31. The van der Waals surface area contributed by atoms with Crippen LogP contribution in [0.4, 0.5) is 4.79 Å². The first kappa shape index (κ1) is 14.0. The van der Waals surface area contributed by atoms with E-state index in [2.05, 4.69) is 20.9 Å². The summed E-state index contributed by atoms with van der Waals surface area (Å²) in [7, 11) is 0. The molecule has 1 saturated carbocycles. The molecule has 0 saturated heterocycles. The minimum atomic E-state index is -1.19. The molecule has 0 aromatic carbocycles. The van der Waals surface area contributed by atoms with Crippen LogP contribution in [-0.4, -0.2) is 44.0 Å². The van der Waals surface area contributed by atoms with E-state index in [1.807, 2.05) is 0 Å². The predicted octanol–water partition coefficient (Wildman–Crippen LogP) is -0.473. The lowest BCUT2D eigenvalue weighted by molar-refractivity contribution is -0.120. The van der Waals surface area contributed by atoms with Crippen LogP contribution in [0.3, 0.4) is 0 Å². The van der Waals surface area contributed by atoms with Crippen LogP contribution in [0, 0.1) is 0 Å². The molecule has 0 bridgehead atoms. The summed E-state index contributed by atoms with van der Waals surface area (Å²) in [5.41, 5.74) is 0.165. The standard InChI is InChI=1S/C11H15N5O4/c1-2-7-9(10(18)19)14-15-16(7)5-8(17)13-11(20)12-6-3-4-6/h6H,2-5H2,1H3,(H,18,19)(H2,12,13,17,20). The van der Waals surface area contributed by atoms with E-state index < -0.39 is 17.9 Å². The van der Waals surface area contributed by atoms with Gasteiger partial charge in [0.1, 0.15) is 6.54 Å². The Balaban J connectivity index is 1.96. The lowest BCUT2D eigenvalue weighted by Crippen LogP contribution is -2.42. The summed E-state index contributed by atoms with van der Waals surface area (Å²) in [5.74, 6) is -1.76. The molecule has 0 atom stereocenters. The second kappa shape index (κ2) is 5.68. The Morgan fingerprint density at radius 1 is 1.40 bits per heavy atom. The number of aromatic carboxylic acids is 1. The minimum absolute atomic E-state index is 0.152. The number of nitrogens with one attached hydrogen (secondary N) is 2. The quantitative estimate of drug-likeness (QED) is 0.669. The molecule has 3 amide bonds. The van der Waals surface area contributed by atoms with Crippen molar-refractivity contribution in [2.75, 3.05) is 0 Å². The van der Waals surface area contributed by atoms with Crippen molar-refractivity contribution in [1.29, 1.82) is 0 Å². The number of hydrogen-bond donors (Lipinski definition) is 3. The topological polar surface area (TPSA) is 126 Å². The van der Waals surface area contributed by atoms with Gasteiger partial charge in [0.15, 0.2) is 5.69 Å². The first-order chi connectivity index (χ1) is 9.51. The second-order valence-corrected chi connectivity index (χ2v) is 4.50. The summed E-state index contributed by atoms with van der Waals surface area (Å²) in [6.45, 7) is 1.49. The maximum atomic E-state index is 11.7. The zero-order chi connectivity index (χ0) is 14.7. The highest BCUT2D eigenvalue weighted by atomic mass is 16.4. The fourth-order valence-electron chi connectivity index (χ4n) is 1.73. The fourth-order valence-corrected chi connectivity index (χ4v) is 1.73. The smallest absolute Gasteiger partial charge is 0.358 e. The monoisotopic (exact) mass is 281 g/mol. The number of carbonyl (C=O) groups is 3. The zero-order valence-electron chi connectivity index (χ0n) is 10.9. The van der Waals surface area contributed by atoms with Crippen LogP contribution in [0.2, 0.25) is 0 Å². The maximum absolute atomic E-state index is 11.7. The highest BCUT2D eigenvalue weighted by Crippen LogP contribution is 2.18. The van der Waals surface area contributed by atoms with Gasteiger partial charge in [-0.15, -0.1) is 5.10 Å². The molecule has 1 aromatic heterocycles. The molecule has 0 unspecified atom stereocenters. The molecule has 1 aromatic rings. The highest BCUT2D eigenvalue weighted by Gasteiger charge is 2.24. The van der Waals surface area contributed by atoms with Gasteiger partial charge in [-0.1, -0.05) is 12.1 Å². The van der Waals surface area contributed by atoms with Gasteiger partial charge < -0.3 is 10.4 Å². The molecule has 108 valence electrons. The Kier molecular flexibility index (Phi) is 3.97. The van der Waals surface area contributed by atoms with Gasteiger partial charge >= 0.3 is 12.0 Å². The molecule has 9 nitrogen and oxygen atoms in total. The number of carbonyl (C=O) groups excluding carboxylic acids is 2. The average Bonchev–Trinajstić information content (AvgIpc) is 3.06. The Morgan fingerprint density at radius 3 is 2.65 bits per heavy atom. The number of carboxylic acid groups (broad SMARTS) is 1. The molecule has 0 aliphatic heterocycles. The zero-order valence-corrected chi connectivity index (χ0v) is 10.9. The number of amides is 3. The van der Waals surface area contributed by atoms with Gasteiger partial charge in [-0.2, -0.15) is 0 Å². The molecular weight excluding hydrogens is 266 g/mol. The second-order valence-electron chi connectivity index (χ2n) is 4.50. The average molecular weight is 281 g/mol. The van der Waals surface area contributed by atoms with Crippen molar-refractivity contribution in [1.82, 2.24) is 25.6 Å². The summed E-state index contributed by atoms with van der Waals surface area (Å²) >= 11 is 0. The summed E-state index contributed by atoms with van der Waals surface area (Å²) in [4.78, 5) is 33.9. The molecule has 1 aliphatic rings. The Bertz CT molecular complexity index is 549. The molecule has 0 spiro atoms. The number of nitrogens with zero attached hydrogens (tertiary/aromatic N) is 3. The molecule has 2 rings (SSSR count). The van der Waals surface area contributed by atoms with E-state index in [4.69, 9.17) is 5.11 Å². The summed E-state index contributed by atoms with van der Waals surface area (Å²) in [5, 5.41) is 20.8. The molecule has 1 aliphatic carbocycles. The normalized spacial score (nSPS) is 13.8. The van der Waals surface area contributed by atoms with Crippen LogP contribution in [-0.2, 0) is 17.8 Å². The third-order valence-corrected chi connectivity index (χ3v) is 2.83. The van der Waals surface area contributed by atoms with Crippen molar-refractivity contribution < 1.29 is 19.5 Å². The van der Waals surface area contributed by atoms with Gasteiger partial charge in [-0.25, -0.2) is 14.3 Å². The Hall–Kier alpha value is -2.45. The van der Waals surface area contributed by atoms with Crippen molar-refractivity contribution in [2.24, 2.45) is 0 Å². The summed E-state index contributed by atoms with van der Waals surface area (Å²) in [6.07, 6.45) is 2.22. The van der Waals surface area contributed by atoms with Gasteiger partial charge in [0.05, 0.1) is 5.69 Å². The van der Waals surface area contributed by atoms with Gasteiger partial charge in [0, 0.05) is 6.04 Å². The molecule has 9 heteroatoms. The minimum Gasteiger partial charge on any atom is -0.476 e. The lowest BCUT2D eigenvalue weighted by Gasteiger charge is -2.07. The Morgan fingerprint density at radius 2 is 2.10 bits per heavy atom. The van der Waals surface area contributed by atoms with E-state index >= 15 is 0 Å². The van der Waals surface area contributed by atoms with Crippen LogP contribution in [0.15, 0.2) is 0 Å². The molecule has 1 heterocycles. The van der Waals surface area contributed by atoms with Crippen LogP contribution < -0.4 is 10.6 Å². The summed E-state index contributed by atoms with van der Waals surface area (Å²) < 4.78 is 1.18. The molecule has 0 radical (unpaired) electrons. The van der Waals surface area contributed by atoms with Crippen molar-refractivity contribution in [3.63, 3.8) is 0 Å². The number of urea groups is 1. The molecule has 3 N–H and O–H groups in total. The van der Waals surface area contributed by atoms with Crippen LogP contribution >= 0.6 is 0 Å². The predicted molar refractivity (Wildman–Crippen MR) is 66.1 cm³/mol. The number of carboxylic acids is 1. The Labute approximate surface area is 114 Å². The van der Waals surface area contributed by atoms with Gasteiger partial charge in [0.2, 0.25) is 5.91 Å². The van der Waals surface area contributed by atoms with E-state index in [0.717, 1.165) is 12.8 Å². The van der Waals surface area contributed by atoms with Crippen LogP contribution in [0.5, 0.6) is 0 Å². The van der Waals surface area contributed by atoms with Gasteiger partial charge in [-0.3, -0.25) is 10.1 Å². The van der Waals surface area contributed by atoms with Crippen molar-refractivity contribution in [3.05, 3.63) is 11.4 Å². The molecular formula is C11H15N5O4. The van der Waals surface area contributed by atoms with Crippen molar-refractivity contribution in [2.45, 2.75) is 38.8 Å². The third-order valence-electron chi connectivity index (χ3n) is 2.83. The van der Waals surface area contributed by atoms with Crippen molar-refractivity contribution >= 4 is 17.9 Å².